The molecule has 7 rings (SSSR count). The molecule has 0 spiro atoms. The van der Waals surface area contributed by atoms with Gasteiger partial charge in [-0.15, -0.1) is 0 Å². The first kappa shape index (κ1) is 47.9. The van der Waals surface area contributed by atoms with Gasteiger partial charge in [-0.2, -0.15) is 5.10 Å². The van der Waals surface area contributed by atoms with Gasteiger partial charge in [0.25, 0.3) is 5.56 Å². The summed E-state index contributed by atoms with van der Waals surface area (Å²) in [5, 5.41) is 6.33. The van der Waals surface area contributed by atoms with Crippen LogP contribution in [0.1, 0.15) is 109 Å². The Morgan fingerprint density at radius 1 is 0.769 bits per heavy atom. The van der Waals surface area contributed by atoms with Crippen molar-refractivity contribution in [2.45, 2.75) is 125 Å². The molecule has 352 valence electrons. The summed E-state index contributed by atoms with van der Waals surface area (Å²) in [7, 11) is 2.17. The number of likely N-dealkylation sites (tertiary alicyclic amines) is 2. The van der Waals surface area contributed by atoms with Crippen molar-refractivity contribution in [3.63, 3.8) is 0 Å². The number of amides is 2. The Bertz CT molecular complexity index is 2410. The lowest BCUT2D eigenvalue weighted by Crippen LogP contribution is -2.55. The summed E-state index contributed by atoms with van der Waals surface area (Å²) in [6, 6.07) is 14.2. The summed E-state index contributed by atoms with van der Waals surface area (Å²) >= 11 is 0. The van der Waals surface area contributed by atoms with E-state index in [4.69, 9.17) is 9.47 Å². The molecule has 14 heteroatoms. The molecule has 65 heavy (non-hydrogen) atoms. The molecule has 0 N–H and O–H groups in total. The molecule has 0 aliphatic carbocycles. The fourth-order valence-electron chi connectivity index (χ4n) is 9.67. The van der Waals surface area contributed by atoms with Gasteiger partial charge in [0.1, 0.15) is 0 Å². The average Bonchev–Trinajstić information content (AvgIpc) is 3.73. The van der Waals surface area contributed by atoms with E-state index in [0.29, 0.717) is 75.4 Å². The van der Waals surface area contributed by atoms with E-state index >= 15 is 0 Å². The molecule has 0 bridgehead atoms. The van der Waals surface area contributed by atoms with Crippen LogP contribution in [0.3, 0.4) is 0 Å². The van der Waals surface area contributed by atoms with E-state index in [1.807, 2.05) is 94.7 Å². The highest BCUT2D eigenvalue weighted by molar-refractivity contribution is 5.87. The van der Waals surface area contributed by atoms with Crippen molar-refractivity contribution in [3.05, 3.63) is 75.7 Å². The van der Waals surface area contributed by atoms with E-state index in [2.05, 4.69) is 28.0 Å². The van der Waals surface area contributed by atoms with Gasteiger partial charge in [-0.1, -0.05) is 38.1 Å². The van der Waals surface area contributed by atoms with E-state index in [-0.39, 0.29) is 55.1 Å². The molecule has 0 unspecified atom stereocenters. The lowest BCUT2D eigenvalue weighted by atomic mass is 9.88. The fourth-order valence-corrected chi connectivity index (χ4v) is 9.67. The van der Waals surface area contributed by atoms with Crippen molar-refractivity contribution in [2.75, 3.05) is 59.4 Å². The maximum atomic E-state index is 14.6. The van der Waals surface area contributed by atoms with Crippen LogP contribution in [-0.2, 0) is 48.5 Å². The van der Waals surface area contributed by atoms with Crippen LogP contribution in [0.4, 0.5) is 0 Å². The Balaban J connectivity index is 1.06. The molecule has 2 aromatic heterocycles. The summed E-state index contributed by atoms with van der Waals surface area (Å²) in [4.78, 5) is 77.5. The Hall–Kier alpha value is -5.08. The second-order valence-corrected chi connectivity index (χ2v) is 20.1. The Morgan fingerprint density at radius 3 is 2.05 bits per heavy atom. The maximum absolute atomic E-state index is 14.6. The highest BCUT2D eigenvalue weighted by Gasteiger charge is 2.35. The first-order valence-corrected chi connectivity index (χ1v) is 23.9. The first-order chi connectivity index (χ1) is 31.0. The lowest BCUT2D eigenvalue weighted by molar-refractivity contribution is -0.159. The molecule has 3 fully saturated rings. The van der Waals surface area contributed by atoms with Crippen LogP contribution in [0.25, 0.3) is 21.8 Å². The van der Waals surface area contributed by atoms with Crippen LogP contribution in [-0.4, -0.2) is 123 Å². The second-order valence-electron chi connectivity index (χ2n) is 20.1. The highest BCUT2D eigenvalue weighted by Crippen LogP contribution is 2.31. The maximum Gasteiger partial charge on any atom is 0.313 e. The Labute approximate surface area is 384 Å². The number of nitrogens with zero attached hydrogens (tertiary/aromatic N) is 7. The number of hydrogen-bond acceptors (Lipinski definition) is 10. The van der Waals surface area contributed by atoms with E-state index in [0.717, 1.165) is 66.4 Å². The van der Waals surface area contributed by atoms with Crippen LogP contribution in [0, 0.1) is 23.7 Å². The van der Waals surface area contributed by atoms with Crippen LogP contribution >= 0.6 is 0 Å². The van der Waals surface area contributed by atoms with Gasteiger partial charge in [0.15, 0.2) is 13.5 Å². The molecule has 4 aromatic rings. The molecular weight excluding hydrogens is 823 g/mol. The van der Waals surface area contributed by atoms with Crippen LogP contribution in [0.2, 0.25) is 0 Å². The average molecular weight is 894 g/mol. The Kier molecular flexibility index (Phi) is 14.9. The number of piperazine rings is 1. The van der Waals surface area contributed by atoms with Crippen molar-refractivity contribution in [1.82, 2.24) is 33.9 Å². The van der Waals surface area contributed by atoms with Gasteiger partial charge in [0.05, 0.1) is 34.0 Å². The largest absolute Gasteiger partial charge is 0.443 e. The van der Waals surface area contributed by atoms with Crippen LogP contribution in [0.15, 0.2) is 53.5 Å². The predicted octanol–water partition coefficient (Wildman–Crippen LogP) is 6.73. The molecule has 0 saturated carbocycles. The molecule has 3 saturated heterocycles. The molecule has 2 aromatic carbocycles. The summed E-state index contributed by atoms with van der Waals surface area (Å²) < 4.78 is 14.7. The second kappa shape index (κ2) is 20.2. The number of piperidine rings is 2. The standard InChI is InChI=1S/C51H71N7O7/c1-9-50(4,5)48(62)64-33-57-43-14-12-11-13-38(43)30-42(47(57)61)37-15-21-55(22-16-37)44(59)31-39(46(60)56-25-23-54(24-26-56)41-17-19-53(8)20-18-41)28-36-27-35(3)45-40(29-36)32-52-58(45)34-65-49(63)51(6,7)10-2/h11-14,27,29-30,32,37,39,41H,9-10,15-26,28,31,33-34H2,1-8H3/t39-/m0/s1. The third kappa shape index (κ3) is 10.8. The van der Waals surface area contributed by atoms with Gasteiger partial charge in [-0.25, -0.2) is 4.68 Å². The van der Waals surface area contributed by atoms with Gasteiger partial charge < -0.3 is 24.2 Å². The fraction of sp³-hybridized carbons (Fsp3) is 0.608. The number of benzene rings is 2. The number of fused-ring (bicyclic) bond motifs is 2. The number of esters is 2. The van der Waals surface area contributed by atoms with Crippen molar-refractivity contribution < 1.29 is 28.7 Å². The molecule has 2 amide bonds. The van der Waals surface area contributed by atoms with Crippen molar-refractivity contribution in [2.24, 2.45) is 16.7 Å². The van der Waals surface area contributed by atoms with Gasteiger partial charge in [-0.3, -0.25) is 33.4 Å². The number of rotatable bonds is 15. The third-order valence-electron chi connectivity index (χ3n) is 14.9. The number of carbonyl (C=O) groups is 4. The quantitative estimate of drug-likeness (QED) is 0.118. The normalized spacial score (nSPS) is 18.0. The molecule has 3 aliphatic rings. The smallest absolute Gasteiger partial charge is 0.313 e. The Morgan fingerprint density at radius 2 is 1.40 bits per heavy atom. The number of aryl methyl sites for hydroxylation is 1. The zero-order valence-electron chi connectivity index (χ0n) is 40.1. The molecule has 3 aliphatic heterocycles. The van der Waals surface area contributed by atoms with Crippen LogP contribution < -0.4 is 5.56 Å². The number of para-hydroxylation sites is 1. The number of pyridine rings is 1. The van der Waals surface area contributed by atoms with Gasteiger partial charge >= 0.3 is 11.9 Å². The zero-order chi connectivity index (χ0) is 46.6. The number of aromatic nitrogens is 3. The van der Waals surface area contributed by atoms with Gasteiger partial charge in [-0.05, 0) is 140 Å². The minimum atomic E-state index is -0.664. The van der Waals surface area contributed by atoms with Crippen LogP contribution in [0.5, 0.6) is 0 Å². The van der Waals surface area contributed by atoms with Crippen molar-refractivity contribution >= 4 is 45.6 Å². The van der Waals surface area contributed by atoms with E-state index < -0.39 is 16.7 Å². The molecule has 0 radical (unpaired) electrons. The minimum Gasteiger partial charge on any atom is -0.443 e. The van der Waals surface area contributed by atoms with Gasteiger partial charge in [0.2, 0.25) is 11.8 Å². The van der Waals surface area contributed by atoms with E-state index in [1.54, 1.807) is 15.4 Å². The van der Waals surface area contributed by atoms with E-state index in [9.17, 15) is 24.0 Å². The third-order valence-corrected chi connectivity index (χ3v) is 14.9. The predicted molar refractivity (Wildman–Crippen MR) is 252 cm³/mol. The number of carbonyl (C=O) groups excluding carboxylic acids is 4. The SMILES string of the molecule is CCC(C)(C)C(=O)OCn1ncc2cc(C[C@@H](CC(=O)N3CCC(c4cc5ccccc5n(COC(=O)C(C)(C)CC)c4=O)CC3)C(=O)N3CCN(C4CCN(C)CC4)CC3)cc(C)c21. The summed E-state index contributed by atoms with van der Waals surface area (Å²) in [6.45, 7) is 19.2. The molecule has 14 nitrogen and oxygen atoms in total. The number of ether oxygens (including phenoxy) is 2. The monoisotopic (exact) mass is 894 g/mol. The summed E-state index contributed by atoms with van der Waals surface area (Å²) in [5.41, 5.74) is 2.68. The zero-order valence-corrected chi connectivity index (χ0v) is 40.1. The topological polar surface area (TPSA) is 140 Å². The van der Waals surface area contributed by atoms with Gasteiger partial charge in [0, 0.05) is 62.7 Å². The lowest BCUT2D eigenvalue weighted by Gasteiger charge is -2.43. The summed E-state index contributed by atoms with van der Waals surface area (Å²) in [5.74, 6) is -1.32. The molecular formula is C51H71N7O7. The number of hydrogen-bond donors (Lipinski definition) is 0. The highest BCUT2D eigenvalue weighted by atomic mass is 16.5. The first-order valence-electron chi connectivity index (χ1n) is 23.9. The van der Waals surface area contributed by atoms with Crippen molar-refractivity contribution in [3.8, 4) is 0 Å². The molecule has 1 atom stereocenters. The minimum absolute atomic E-state index is 0.00570. The van der Waals surface area contributed by atoms with Crippen molar-refractivity contribution in [1.29, 1.82) is 0 Å². The summed E-state index contributed by atoms with van der Waals surface area (Å²) in [6.07, 6.45) is 7.01. The molecule has 5 heterocycles. The van der Waals surface area contributed by atoms with E-state index in [1.165, 1.54) is 0 Å².